The van der Waals surface area contributed by atoms with Crippen LogP contribution in [0.5, 0.6) is 0 Å². The highest BCUT2D eigenvalue weighted by molar-refractivity contribution is 5.68. The number of nitrogens with one attached hydrogen (secondary N) is 1. The molecule has 4 nitrogen and oxygen atoms in total. The molecular weight excluding hydrogens is 338 g/mol. The number of rotatable bonds is 11. The molecule has 4 heteroatoms. The minimum absolute atomic E-state index is 0.225. The second-order valence-electron chi connectivity index (χ2n) is 6.76. The van der Waals surface area contributed by atoms with E-state index in [1.54, 1.807) is 0 Å². The largest absolute Gasteiger partial charge is 0.433 e. The first kappa shape index (κ1) is 21.0. The Labute approximate surface area is 162 Å². The fraction of sp³-hybridized carbons (Fsp3) is 0.435. The van der Waals surface area contributed by atoms with Crippen LogP contribution in [0.4, 0.5) is 4.79 Å². The third-order valence-corrected chi connectivity index (χ3v) is 4.70. The van der Waals surface area contributed by atoms with Crippen molar-refractivity contribution in [3.05, 3.63) is 71.8 Å². The number of ether oxygens (including phenoxy) is 1. The molecule has 0 radical (unpaired) electrons. The van der Waals surface area contributed by atoms with Crippen molar-refractivity contribution >= 4 is 6.09 Å². The molecule has 0 spiro atoms. The Bertz CT molecular complexity index is 618. The minimum Gasteiger partial charge on any atom is -0.433 e. The maximum atomic E-state index is 12.6. The van der Waals surface area contributed by atoms with Crippen molar-refractivity contribution in [1.82, 2.24) is 5.32 Å². The quantitative estimate of drug-likeness (QED) is 0.548. The summed E-state index contributed by atoms with van der Waals surface area (Å²) in [6.07, 6.45) is 4.86. The van der Waals surface area contributed by atoms with Crippen LogP contribution in [-0.2, 0) is 10.3 Å². The minimum atomic E-state index is -0.793. The molecule has 0 saturated heterocycles. The molecule has 0 atom stereocenters. The van der Waals surface area contributed by atoms with Gasteiger partial charge in [-0.05, 0) is 19.3 Å². The molecule has 0 heterocycles. The molecule has 0 saturated carbocycles. The van der Waals surface area contributed by atoms with E-state index in [2.05, 4.69) is 12.2 Å². The molecule has 2 aromatic carbocycles. The maximum Gasteiger partial charge on any atom is 0.408 e. The number of alkyl carbamates (subject to hydrolysis) is 1. The maximum absolute atomic E-state index is 12.6. The zero-order valence-corrected chi connectivity index (χ0v) is 16.2. The van der Waals surface area contributed by atoms with Gasteiger partial charge in [0.05, 0.1) is 0 Å². The van der Waals surface area contributed by atoms with E-state index < -0.39 is 11.7 Å². The van der Waals surface area contributed by atoms with Gasteiger partial charge in [0, 0.05) is 24.3 Å². The molecule has 0 unspecified atom stereocenters. The molecule has 2 rings (SSSR count). The Morgan fingerprint density at radius 2 is 1.48 bits per heavy atom. The highest BCUT2D eigenvalue weighted by Crippen LogP contribution is 2.38. The van der Waals surface area contributed by atoms with E-state index in [4.69, 9.17) is 9.84 Å². The van der Waals surface area contributed by atoms with Gasteiger partial charge in [-0.2, -0.15) is 0 Å². The van der Waals surface area contributed by atoms with Gasteiger partial charge in [-0.1, -0.05) is 86.8 Å². The first-order valence-corrected chi connectivity index (χ1v) is 9.91. The fourth-order valence-corrected chi connectivity index (χ4v) is 3.37. The molecule has 1 amide bonds. The second-order valence-corrected chi connectivity index (χ2v) is 6.76. The SMILES string of the molecule is CCCC(OC(=O)NCCCCCCO)(c1ccccc1)c1ccccc1. The van der Waals surface area contributed by atoms with E-state index in [0.717, 1.165) is 43.2 Å². The Morgan fingerprint density at radius 1 is 0.926 bits per heavy atom. The summed E-state index contributed by atoms with van der Waals surface area (Å²) >= 11 is 0. The van der Waals surface area contributed by atoms with Crippen molar-refractivity contribution in [2.45, 2.75) is 51.0 Å². The second kappa shape index (κ2) is 11.4. The number of hydrogen-bond acceptors (Lipinski definition) is 3. The molecular formula is C23H31NO3. The normalized spacial score (nSPS) is 11.2. The van der Waals surface area contributed by atoms with Crippen molar-refractivity contribution in [3.63, 3.8) is 0 Å². The Kier molecular flexibility index (Phi) is 8.85. The van der Waals surface area contributed by atoms with Gasteiger partial charge in [-0.3, -0.25) is 0 Å². The van der Waals surface area contributed by atoms with Gasteiger partial charge in [-0.15, -0.1) is 0 Å². The average molecular weight is 370 g/mol. The van der Waals surface area contributed by atoms with E-state index in [1.807, 2.05) is 60.7 Å². The van der Waals surface area contributed by atoms with Crippen LogP contribution < -0.4 is 5.32 Å². The molecule has 146 valence electrons. The average Bonchev–Trinajstić information content (AvgIpc) is 2.71. The van der Waals surface area contributed by atoms with Crippen LogP contribution in [0, 0.1) is 0 Å². The van der Waals surface area contributed by atoms with Crippen LogP contribution in [0.15, 0.2) is 60.7 Å². The number of hydrogen-bond donors (Lipinski definition) is 2. The lowest BCUT2D eigenvalue weighted by molar-refractivity contribution is 0.0314. The molecule has 0 aliphatic heterocycles. The van der Waals surface area contributed by atoms with E-state index >= 15 is 0 Å². The number of benzene rings is 2. The van der Waals surface area contributed by atoms with Crippen LogP contribution in [0.3, 0.4) is 0 Å². The molecule has 27 heavy (non-hydrogen) atoms. The smallest absolute Gasteiger partial charge is 0.408 e. The van der Waals surface area contributed by atoms with Crippen molar-refractivity contribution in [1.29, 1.82) is 0 Å². The summed E-state index contributed by atoms with van der Waals surface area (Å²) in [5.74, 6) is 0. The number of carbonyl (C=O) groups is 1. The van der Waals surface area contributed by atoms with Crippen LogP contribution in [0.2, 0.25) is 0 Å². The third kappa shape index (κ3) is 6.10. The monoisotopic (exact) mass is 369 g/mol. The standard InChI is InChI=1S/C23H31NO3/c1-2-17-23(20-13-7-5-8-14-20,21-15-9-6-10-16-21)27-22(26)24-18-11-3-4-12-19-25/h5-10,13-16,25H,2-4,11-12,17-19H2,1H3,(H,24,26). The van der Waals surface area contributed by atoms with Crippen LogP contribution in [0.25, 0.3) is 0 Å². The molecule has 0 bridgehead atoms. The van der Waals surface area contributed by atoms with E-state index in [0.29, 0.717) is 13.0 Å². The number of aliphatic hydroxyl groups excluding tert-OH is 1. The van der Waals surface area contributed by atoms with Gasteiger partial charge in [0.25, 0.3) is 0 Å². The van der Waals surface area contributed by atoms with Crippen molar-refractivity contribution in [3.8, 4) is 0 Å². The zero-order chi connectivity index (χ0) is 19.4. The molecule has 0 fully saturated rings. The van der Waals surface area contributed by atoms with E-state index in [1.165, 1.54) is 0 Å². The van der Waals surface area contributed by atoms with Crippen LogP contribution in [0.1, 0.15) is 56.6 Å². The van der Waals surface area contributed by atoms with Crippen molar-refractivity contribution < 1.29 is 14.6 Å². The van der Waals surface area contributed by atoms with Gasteiger partial charge in [0.15, 0.2) is 5.60 Å². The zero-order valence-electron chi connectivity index (χ0n) is 16.2. The van der Waals surface area contributed by atoms with Crippen molar-refractivity contribution in [2.75, 3.05) is 13.2 Å². The van der Waals surface area contributed by atoms with Gasteiger partial charge < -0.3 is 15.2 Å². The Morgan fingerprint density at radius 3 is 2.00 bits per heavy atom. The van der Waals surface area contributed by atoms with E-state index in [-0.39, 0.29) is 6.61 Å². The number of amides is 1. The van der Waals surface area contributed by atoms with Gasteiger partial charge in [0.2, 0.25) is 0 Å². The molecule has 0 aliphatic rings. The Hall–Kier alpha value is -2.33. The third-order valence-electron chi connectivity index (χ3n) is 4.70. The predicted octanol–water partition coefficient (Wildman–Crippen LogP) is 5.01. The lowest BCUT2D eigenvalue weighted by atomic mass is 9.82. The van der Waals surface area contributed by atoms with E-state index in [9.17, 15) is 4.79 Å². The Balaban J connectivity index is 2.14. The van der Waals surface area contributed by atoms with Crippen molar-refractivity contribution in [2.24, 2.45) is 0 Å². The van der Waals surface area contributed by atoms with Crippen LogP contribution >= 0.6 is 0 Å². The van der Waals surface area contributed by atoms with Crippen LogP contribution in [-0.4, -0.2) is 24.4 Å². The predicted molar refractivity (Wildman–Crippen MR) is 109 cm³/mol. The fourth-order valence-electron chi connectivity index (χ4n) is 3.37. The number of unbranched alkanes of at least 4 members (excludes halogenated alkanes) is 3. The number of aliphatic hydroxyl groups is 1. The molecule has 2 aromatic rings. The van der Waals surface area contributed by atoms with Gasteiger partial charge in [-0.25, -0.2) is 4.79 Å². The summed E-state index contributed by atoms with van der Waals surface area (Å²) in [5.41, 5.74) is 1.17. The highest BCUT2D eigenvalue weighted by Gasteiger charge is 2.37. The highest BCUT2D eigenvalue weighted by atomic mass is 16.6. The summed E-state index contributed by atoms with van der Waals surface area (Å²) in [6, 6.07) is 19.9. The summed E-state index contributed by atoms with van der Waals surface area (Å²) in [7, 11) is 0. The number of carbonyl (C=O) groups excluding carboxylic acids is 1. The first-order chi connectivity index (χ1) is 13.2. The summed E-state index contributed by atoms with van der Waals surface area (Å²) in [6.45, 7) is 2.91. The molecule has 0 aliphatic carbocycles. The lowest BCUT2D eigenvalue weighted by Gasteiger charge is -2.34. The summed E-state index contributed by atoms with van der Waals surface area (Å²) in [4.78, 5) is 12.6. The summed E-state index contributed by atoms with van der Waals surface area (Å²) < 4.78 is 6.09. The van der Waals surface area contributed by atoms with Gasteiger partial charge >= 0.3 is 6.09 Å². The lowest BCUT2D eigenvalue weighted by Crippen LogP contribution is -2.38. The molecule has 0 aromatic heterocycles. The topological polar surface area (TPSA) is 58.6 Å². The van der Waals surface area contributed by atoms with Gasteiger partial charge in [0.1, 0.15) is 0 Å². The first-order valence-electron chi connectivity index (χ1n) is 9.91. The summed E-state index contributed by atoms with van der Waals surface area (Å²) in [5, 5.41) is 11.7. The molecule has 2 N–H and O–H groups in total.